The highest BCUT2D eigenvalue weighted by Crippen LogP contribution is 2.27. The third-order valence-electron chi connectivity index (χ3n) is 6.96. The van der Waals surface area contributed by atoms with Gasteiger partial charge in [0.15, 0.2) is 5.65 Å². The highest BCUT2D eigenvalue weighted by atomic mass is 16.2. The number of nitrogens with zero attached hydrogens (tertiary/aromatic N) is 7. The number of rotatable bonds is 6. The van der Waals surface area contributed by atoms with Crippen LogP contribution in [0.5, 0.6) is 0 Å². The van der Waals surface area contributed by atoms with E-state index in [4.69, 9.17) is 5.10 Å². The van der Waals surface area contributed by atoms with Crippen molar-refractivity contribution in [3.05, 3.63) is 90.3 Å². The van der Waals surface area contributed by atoms with Gasteiger partial charge in [-0.1, -0.05) is 54.6 Å². The molecule has 2 aromatic carbocycles. The van der Waals surface area contributed by atoms with E-state index in [1.54, 1.807) is 10.8 Å². The first-order valence-corrected chi connectivity index (χ1v) is 12.5. The lowest BCUT2D eigenvalue weighted by atomic mass is 9.96. The molecule has 6 rings (SSSR count). The van der Waals surface area contributed by atoms with Crippen LogP contribution in [0.3, 0.4) is 0 Å². The van der Waals surface area contributed by atoms with Crippen LogP contribution in [-0.2, 0) is 11.3 Å². The Balaban J connectivity index is 1.18. The Bertz CT molecular complexity index is 1530. The van der Waals surface area contributed by atoms with Crippen molar-refractivity contribution in [2.75, 3.05) is 23.3 Å². The minimum atomic E-state index is -0.0723. The quantitative estimate of drug-likeness (QED) is 0.382. The fourth-order valence-electron chi connectivity index (χ4n) is 4.87. The van der Waals surface area contributed by atoms with Gasteiger partial charge in [0, 0.05) is 30.6 Å². The fraction of sp³-hybridized carbons (Fsp3) is 0.250. The molecule has 1 aliphatic heterocycles. The van der Waals surface area contributed by atoms with Gasteiger partial charge in [-0.15, -0.1) is 15.3 Å². The Kier molecular flexibility index (Phi) is 6.10. The van der Waals surface area contributed by atoms with Gasteiger partial charge < -0.3 is 10.2 Å². The summed E-state index contributed by atoms with van der Waals surface area (Å²) in [7, 11) is 0. The second kappa shape index (κ2) is 9.85. The Labute approximate surface area is 214 Å². The summed E-state index contributed by atoms with van der Waals surface area (Å²) in [4.78, 5) is 15.6. The molecular formula is C28H28N8O. The van der Waals surface area contributed by atoms with Gasteiger partial charge in [0.05, 0.1) is 12.2 Å². The monoisotopic (exact) mass is 492 g/mol. The molecule has 9 heteroatoms. The Morgan fingerprint density at radius 2 is 1.76 bits per heavy atom. The summed E-state index contributed by atoms with van der Waals surface area (Å²) in [5, 5.41) is 20.6. The summed E-state index contributed by atoms with van der Waals surface area (Å²) in [6, 6.07) is 24.2. The standard InChI is InChI=1S/C28H28N8O/c1-20-7-5-6-10-23(20)24-17-27(35(32-24)18-21-8-3-2-4-9-21)30-28(37)22-13-15-34(16-14-22)26-12-11-25-31-29-19-36(25)33-26/h2-12,17,19,22H,13-16,18H2,1H3,(H,30,37). The topological polar surface area (TPSA) is 93.2 Å². The van der Waals surface area contributed by atoms with Crippen molar-refractivity contribution in [3.8, 4) is 11.3 Å². The van der Waals surface area contributed by atoms with E-state index in [0.717, 1.165) is 59.8 Å². The maximum Gasteiger partial charge on any atom is 0.228 e. The number of piperidine rings is 1. The zero-order chi connectivity index (χ0) is 25.2. The molecule has 1 saturated heterocycles. The molecule has 0 atom stereocenters. The lowest BCUT2D eigenvalue weighted by molar-refractivity contribution is -0.120. The third kappa shape index (κ3) is 4.80. The van der Waals surface area contributed by atoms with E-state index in [1.807, 2.05) is 53.2 Å². The molecule has 4 heterocycles. The van der Waals surface area contributed by atoms with Gasteiger partial charge in [-0.3, -0.25) is 4.79 Å². The summed E-state index contributed by atoms with van der Waals surface area (Å²) in [6.45, 7) is 4.18. The van der Waals surface area contributed by atoms with Crippen molar-refractivity contribution in [2.45, 2.75) is 26.3 Å². The molecular weight excluding hydrogens is 464 g/mol. The maximum atomic E-state index is 13.4. The van der Waals surface area contributed by atoms with Crippen LogP contribution < -0.4 is 10.2 Å². The molecule has 1 aliphatic rings. The summed E-state index contributed by atoms with van der Waals surface area (Å²) in [5.41, 5.74) is 4.92. The molecule has 186 valence electrons. The minimum Gasteiger partial charge on any atom is -0.355 e. The molecule has 0 aliphatic carbocycles. The second-order valence-electron chi connectivity index (χ2n) is 9.45. The lowest BCUT2D eigenvalue weighted by Crippen LogP contribution is -2.39. The largest absolute Gasteiger partial charge is 0.355 e. The van der Waals surface area contributed by atoms with E-state index in [1.165, 1.54) is 0 Å². The van der Waals surface area contributed by atoms with Crippen LogP contribution in [0.25, 0.3) is 16.9 Å². The molecule has 0 unspecified atom stereocenters. The molecule has 9 nitrogen and oxygen atoms in total. The predicted molar refractivity (Wildman–Crippen MR) is 142 cm³/mol. The maximum absolute atomic E-state index is 13.4. The second-order valence-corrected chi connectivity index (χ2v) is 9.45. The highest BCUT2D eigenvalue weighted by Gasteiger charge is 2.27. The molecule has 1 N–H and O–H groups in total. The van der Waals surface area contributed by atoms with Gasteiger partial charge in [0.2, 0.25) is 5.91 Å². The Morgan fingerprint density at radius 3 is 2.57 bits per heavy atom. The van der Waals surface area contributed by atoms with Crippen molar-refractivity contribution < 1.29 is 4.79 Å². The summed E-state index contributed by atoms with van der Waals surface area (Å²) < 4.78 is 3.57. The molecule has 1 amide bonds. The number of anilines is 2. The normalized spacial score (nSPS) is 14.2. The molecule has 0 radical (unpaired) electrons. The average Bonchev–Trinajstić information content (AvgIpc) is 3.56. The van der Waals surface area contributed by atoms with E-state index in [0.29, 0.717) is 12.4 Å². The Morgan fingerprint density at radius 1 is 0.973 bits per heavy atom. The molecule has 3 aromatic heterocycles. The number of benzene rings is 2. The predicted octanol–water partition coefficient (Wildman–Crippen LogP) is 4.20. The smallest absolute Gasteiger partial charge is 0.228 e. The highest BCUT2D eigenvalue weighted by molar-refractivity contribution is 5.92. The Hall–Kier alpha value is -4.53. The first kappa shape index (κ1) is 22.9. The minimum absolute atomic E-state index is 0.0346. The van der Waals surface area contributed by atoms with Crippen molar-refractivity contribution in [1.29, 1.82) is 0 Å². The molecule has 0 bridgehead atoms. The molecule has 37 heavy (non-hydrogen) atoms. The van der Waals surface area contributed by atoms with Crippen LogP contribution in [0, 0.1) is 12.8 Å². The zero-order valence-corrected chi connectivity index (χ0v) is 20.7. The van der Waals surface area contributed by atoms with Crippen molar-refractivity contribution >= 4 is 23.2 Å². The number of aromatic nitrogens is 6. The van der Waals surface area contributed by atoms with Gasteiger partial charge in [-0.25, -0.2) is 4.68 Å². The van der Waals surface area contributed by atoms with Crippen LogP contribution >= 0.6 is 0 Å². The summed E-state index contributed by atoms with van der Waals surface area (Å²) in [5.74, 6) is 1.55. The van der Waals surface area contributed by atoms with E-state index in [2.05, 4.69) is 56.7 Å². The average molecular weight is 493 g/mol. The van der Waals surface area contributed by atoms with Crippen molar-refractivity contribution in [2.24, 2.45) is 5.92 Å². The molecule has 0 spiro atoms. The van der Waals surface area contributed by atoms with Crippen LogP contribution in [0.4, 0.5) is 11.6 Å². The lowest BCUT2D eigenvalue weighted by Gasteiger charge is -2.32. The SMILES string of the molecule is Cc1ccccc1-c1cc(NC(=O)C2CCN(c3ccc4nncn4n3)CC2)n(Cc2ccccc2)n1. The molecule has 0 saturated carbocycles. The van der Waals surface area contributed by atoms with Gasteiger partial charge in [0.1, 0.15) is 18.0 Å². The van der Waals surface area contributed by atoms with Gasteiger partial charge >= 0.3 is 0 Å². The number of hydrogen-bond acceptors (Lipinski definition) is 6. The number of carbonyl (C=O) groups is 1. The van der Waals surface area contributed by atoms with Crippen LogP contribution in [0.1, 0.15) is 24.0 Å². The zero-order valence-electron chi connectivity index (χ0n) is 20.7. The number of fused-ring (bicyclic) bond motifs is 1. The van der Waals surface area contributed by atoms with E-state index in [-0.39, 0.29) is 11.8 Å². The number of aryl methyl sites for hydroxylation is 1. The van der Waals surface area contributed by atoms with Crippen LogP contribution in [-0.4, -0.2) is 48.6 Å². The van der Waals surface area contributed by atoms with E-state index >= 15 is 0 Å². The van der Waals surface area contributed by atoms with E-state index < -0.39 is 0 Å². The van der Waals surface area contributed by atoms with Crippen molar-refractivity contribution in [1.82, 2.24) is 29.6 Å². The summed E-state index contributed by atoms with van der Waals surface area (Å²) >= 11 is 0. The van der Waals surface area contributed by atoms with Crippen LogP contribution in [0.2, 0.25) is 0 Å². The van der Waals surface area contributed by atoms with Crippen molar-refractivity contribution in [3.63, 3.8) is 0 Å². The molecule has 1 fully saturated rings. The van der Waals surface area contributed by atoms with Gasteiger partial charge in [-0.2, -0.15) is 9.61 Å². The van der Waals surface area contributed by atoms with Gasteiger partial charge in [-0.05, 0) is 43.0 Å². The summed E-state index contributed by atoms with van der Waals surface area (Å²) in [6.07, 6.45) is 3.11. The third-order valence-corrected chi connectivity index (χ3v) is 6.96. The number of carbonyl (C=O) groups excluding carboxylic acids is 1. The first-order chi connectivity index (χ1) is 18.1. The number of hydrogen-bond donors (Lipinski definition) is 1. The first-order valence-electron chi connectivity index (χ1n) is 12.5. The number of nitrogens with one attached hydrogen (secondary N) is 1. The number of amides is 1. The van der Waals surface area contributed by atoms with Gasteiger partial charge in [0.25, 0.3) is 0 Å². The van der Waals surface area contributed by atoms with Crippen LogP contribution in [0.15, 0.2) is 79.1 Å². The fourth-order valence-corrected chi connectivity index (χ4v) is 4.87. The van der Waals surface area contributed by atoms with E-state index in [9.17, 15) is 4.79 Å². The molecule has 5 aromatic rings.